The SMILES string of the molecule is C=CCN1C(=O)/C(=C/c2cc3c(OC)c(OC)c(OC)cc3nc2Cl)C(=O)NC1=S. The van der Waals surface area contributed by atoms with Crippen LogP contribution in [0.25, 0.3) is 17.0 Å². The molecule has 156 valence electrons. The molecule has 30 heavy (non-hydrogen) atoms. The molecule has 10 heteroatoms. The van der Waals surface area contributed by atoms with Crippen molar-refractivity contribution in [3.05, 3.63) is 41.1 Å². The third kappa shape index (κ3) is 3.69. The number of pyridine rings is 1. The van der Waals surface area contributed by atoms with Crippen molar-refractivity contribution in [2.24, 2.45) is 0 Å². The lowest BCUT2D eigenvalue weighted by molar-refractivity contribution is -0.128. The van der Waals surface area contributed by atoms with Gasteiger partial charge >= 0.3 is 0 Å². The van der Waals surface area contributed by atoms with Crippen LogP contribution in [-0.2, 0) is 9.59 Å². The van der Waals surface area contributed by atoms with Crippen LogP contribution in [0.5, 0.6) is 17.2 Å². The number of methoxy groups -OCH3 is 3. The zero-order valence-corrected chi connectivity index (χ0v) is 18.0. The fourth-order valence-corrected chi connectivity index (χ4v) is 3.48. The summed E-state index contributed by atoms with van der Waals surface area (Å²) in [6.45, 7) is 3.75. The molecule has 1 aliphatic rings. The van der Waals surface area contributed by atoms with Gasteiger partial charge in [0, 0.05) is 23.6 Å². The summed E-state index contributed by atoms with van der Waals surface area (Å²) in [6, 6.07) is 3.31. The molecule has 2 aromatic rings. The summed E-state index contributed by atoms with van der Waals surface area (Å²) < 4.78 is 16.2. The maximum atomic E-state index is 12.8. The Hall–Kier alpha value is -3.17. The molecule has 1 N–H and O–H groups in total. The molecular weight excluding hydrogens is 430 g/mol. The van der Waals surface area contributed by atoms with Crippen molar-refractivity contribution in [2.75, 3.05) is 27.9 Å². The molecule has 0 bridgehead atoms. The first-order valence-electron chi connectivity index (χ1n) is 8.65. The predicted octanol–water partition coefficient (Wildman–Crippen LogP) is 2.73. The first kappa shape index (κ1) is 21.5. The number of carbonyl (C=O) groups is 2. The van der Waals surface area contributed by atoms with E-state index < -0.39 is 11.8 Å². The molecule has 1 aliphatic heterocycles. The molecule has 0 spiro atoms. The zero-order valence-electron chi connectivity index (χ0n) is 16.4. The van der Waals surface area contributed by atoms with Gasteiger partial charge in [-0.3, -0.25) is 19.8 Å². The van der Waals surface area contributed by atoms with E-state index in [0.717, 1.165) is 0 Å². The number of fused-ring (bicyclic) bond motifs is 1. The van der Waals surface area contributed by atoms with Crippen LogP contribution in [0.4, 0.5) is 0 Å². The predicted molar refractivity (Wildman–Crippen MR) is 117 cm³/mol. The highest BCUT2D eigenvalue weighted by atomic mass is 35.5. The summed E-state index contributed by atoms with van der Waals surface area (Å²) in [6.07, 6.45) is 2.87. The molecule has 8 nitrogen and oxygen atoms in total. The van der Waals surface area contributed by atoms with Crippen molar-refractivity contribution >= 4 is 57.7 Å². The molecule has 1 fully saturated rings. The van der Waals surface area contributed by atoms with Gasteiger partial charge in [-0.1, -0.05) is 17.7 Å². The molecule has 0 saturated carbocycles. The molecule has 1 aromatic carbocycles. The van der Waals surface area contributed by atoms with E-state index in [4.69, 9.17) is 38.0 Å². The number of halogens is 1. The lowest BCUT2D eigenvalue weighted by Gasteiger charge is -2.27. The second kappa shape index (κ2) is 8.68. The van der Waals surface area contributed by atoms with Crippen molar-refractivity contribution in [1.29, 1.82) is 0 Å². The molecule has 2 heterocycles. The van der Waals surface area contributed by atoms with Crippen molar-refractivity contribution < 1.29 is 23.8 Å². The van der Waals surface area contributed by atoms with Crippen LogP contribution in [0, 0.1) is 0 Å². The fraction of sp³-hybridized carbons (Fsp3) is 0.200. The minimum absolute atomic E-state index is 0.0169. The molecule has 1 saturated heterocycles. The lowest BCUT2D eigenvalue weighted by atomic mass is 10.1. The monoisotopic (exact) mass is 447 g/mol. The number of nitrogens with one attached hydrogen (secondary N) is 1. The van der Waals surface area contributed by atoms with Crippen LogP contribution in [0.1, 0.15) is 5.56 Å². The second-order valence-corrected chi connectivity index (χ2v) is 6.85. The van der Waals surface area contributed by atoms with Gasteiger partial charge in [-0.15, -0.1) is 6.58 Å². The Kier molecular flexibility index (Phi) is 6.23. The largest absolute Gasteiger partial charge is 0.493 e. The highest BCUT2D eigenvalue weighted by molar-refractivity contribution is 7.80. The van der Waals surface area contributed by atoms with E-state index in [9.17, 15) is 9.59 Å². The van der Waals surface area contributed by atoms with E-state index in [1.807, 2.05) is 0 Å². The third-order valence-corrected chi connectivity index (χ3v) is 5.03. The van der Waals surface area contributed by atoms with Crippen LogP contribution >= 0.6 is 23.8 Å². The van der Waals surface area contributed by atoms with E-state index in [0.29, 0.717) is 33.7 Å². The van der Waals surface area contributed by atoms with Gasteiger partial charge in [0.2, 0.25) is 5.75 Å². The van der Waals surface area contributed by atoms with Gasteiger partial charge in [0.05, 0.1) is 26.8 Å². The van der Waals surface area contributed by atoms with E-state index >= 15 is 0 Å². The zero-order chi connectivity index (χ0) is 22.0. The highest BCUT2D eigenvalue weighted by Crippen LogP contribution is 2.43. The van der Waals surface area contributed by atoms with Crippen LogP contribution in [0.15, 0.2) is 30.4 Å². The Morgan fingerprint density at radius 2 is 1.90 bits per heavy atom. The van der Waals surface area contributed by atoms with Crippen molar-refractivity contribution in [1.82, 2.24) is 15.2 Å². The number of hydrogen-bond acceptors (Lipinski definition) is 7. The lowest BCUT2D eigenvalue weighted by Crippen LogP contribution is -2.53. The number of carbonyl (C=O) groups excluding carboxylic acids is 2. The average molecular weight is 448 g/mol. The minimum Gasteiger partial charge on any atom is -0.493 e. The van der Waals surface area contributed by atoms with Crippen molar-refractivity contribution in [3.63, 3.8) is 0 Å². The van der Waals surface area contributed by atoms with E-state index in [2.05, 4.69) is 16.9 Å². The summed E-state index contributed by atoms with van der Waals surface area (Å²) in [5.41, 5.74) is 0.707. The summed E-state index contributed by atoms with van der Waals surface area (Å²) in [5, 5.41) is 3.16. The number of ether oxygens (including phenoxy) is 3. The molecule has 0 aliphatic carbocycles. The highest BCUT2D eigenvalue weighted by Gasteiger charge is 2.33. The molecule has 0 atom stereocenters. The summed E-state index contributed by atoms with van der Waals surface area (Å²) in [5.74, 6) is 0.000507. The van der Waals surface area contributed by atoms with Gasteiger partial charge in [0.1, 0.15) is 10.7 Å². The molecular formula is C20H18ClN3O5S. The topological polar surface area (TPSA) is 90.0 Å². The van der Waals surface area contributed by atoms with Crippen LogP contribution in [0.2, 0.25) is 5.15 Å². The van der Waals surface area contributed by atoms with E-state index in [1.165, 1.54) is 38.4 Å². The van der Waals surface area contributed by atoms with Crippen molar-refractivity contribution in [3.8, 4) is 17.2 Å². The van der Waals surface area contributed by atoms with Gasteiger partial charge in [0.15, 0.2) is 16.6 Å². The number of thiocarbonyl (C=S) groups is 1. The molecule has 1 aromatic heterocycles. The quantitative estimate of drug-likeness (QED) is 0.239. The maximum absolute atomic E-state index is 12.8. The van der Waals surface area contributed by atoms with Gasteiger partial charge in [-0.2, -0.15) is 0 Å². The fourth-order valence-electron chi connectivity index (χ4n) is 3.03. The number of amides is 2. The Labute approximate surface area is 183 Å². The van der Waals surface area contributed by atoms with Gasteiger partial charge in [-0.05, 0) is 24.4 Å². The molecule has 0 radical (unpaired) electrons. The molecule has 3 rings (SSSR count). The van der Waals surface area contributed by atoms with Gasteiger partial charge in [0.25, 0.3) is 11.8 Å². The second-order valence-electron chi connectivity index (χ2n) is 6.10. The number of hydrogen-bond donors (Lipinski definition) is 1. The Balaban J connectivity index is 2.19. The molecule has 0 unspecified atom stereocenters. The summed E-state index contributed by atoms with van der Waals surface area (Å²) >= 11 is 11.4. The number of aromatic nitrogens is 1. The van der Waals surface area contributed by atoms with Crippen LogP contribution in [-0.4, -0.2) is 54.7 Å². The van der Waals surface area contributed by atoms with Crippen LogP contribution < -0.4 is 19.5 Å². The third-order valence-electron chi connectivity index (χ3n) is 4.40. The van der Waals surface area contributed by atoms with E-state index in [1.54, 1.807) is 12.1 Å². The number of benzene rings is 1. The summed E-state index contributed by atoms with van der Waals surface area (Å²) in [7, 11) is 4.46. The van der Waals surface area contributed by atoms with Crippen molar-refractivity contribution in [2.45, 2.75) is 0 Å². The van der Waals surface area contributed by atoms with Gasteiger partial charge < -0.3 is 14.2 Å². The standard InChI is InChI=1S/C20H18ClN3O5S/c1-5-6-24-19(26)12(18(25)23-20(24)30)8-10-7-11-13(22-17(10)21)9-14(27-2)16(29-4)15(11)28-3/h5,7-9H,1,6H2,2-4H3,(H,23,25,30)/b12-8+. The number of rotatable bonds is 6. The normalized spacial score (nSPS) is 15.4. The van der Waals surface area contributed by atoms with Crippen LogP contribution in [0.3, 0.4) is 0 Å². The molecule has 2 amide bonds. The number of nitrogens with zero attached hydrogens (tertiary/aromatic N) is 2. The Morgan fingerprint density at radius 3 is 2.50 bits per heavy atom. The maximum Gasteiger partial charge on any atom is 0.265 e. The summed E-state index contributed by atoms with van der Waals surface area (Å²) in [4.78, 5) is 30.7. The first-order valence-corrected chi connectivity index (χ1v) is 9.43. The van der Waals surface area contributed by atoms with Gasteiger partial charge in [-0.25, -0.2) is 4.98 Å². The smallest absolute Gasteiger partial charge is 0.265 e. The first-order chi connectivity index (χ1) is 14.4. The Bertz CT molecular complexity index is 1120. The average Bonchev–Trinajstić information content (AvgIpc) is 2.72. The Morgan fingerprint density at radius 1 is 1.20 bits per heavy atom. The minimum atomic E-state index is -0.624. The van der Waals surface area contributed by atoms with E-state index in [-0.39, 0.29) is 22.4 Å².